The Kier molecular flexibility index (Phi) is 6.28. The summed E-state index contributed by atoms with van der Waals surface area (Å²) in [6.07, 6.45) is 5.65. The number of rotatable bonds is 8. The van der Waals surface area contributed by atoms with E-state index in [4.69, 9.17) is 16.0 Å². The quantitative estimate of drug-likeness (QED) is 0.746. The SMILES string of the molecule is CCCCCC[C@H](C)NC(=O)Cn1c(=O)oc2cc(Cl)ccc21. The lowest BCUT2D eigenvalue weighted by Crippen LogP contribution is -2.36. The van der Waals surface area contributed by atoms with Gasteiger partial charge in [-0.15, -0.1) is 0 Å². The van der Waals surface area contributed by atoms with E-state index in [0.29, 0.717) is 16.1 Å². The molecular weight excluding hydrogens is 316 g/mol. The molecule has 0 saturated heterocycles. The molecule has 0 radical (unpaired) electrons. The van der Waals surface area contributed by atoms with Gasteiger partial charge < -0.3 is 9.73 Å². The second-order valence-corrected chi connectivity index (χ2v) is 6.32. The zero-order valence-corrected chi connectivity index (χ0v) is 14.4. The van der Waals surface area contributed by atoms with E-state index in [9.17, 15) is 9.59 Å². The average molecular weight is 339 g/mol. The van der Waals surface area contributed by atoms with Crippen molar-refractivity contribution in [2.45, 2.75) is 58.5 Å². The molecule has 126 valence electrons. The Morgan fingerprint density at radius 1 is 1.35 bits per heavy atom. The number of unbranched alkanes of at least 4 members (excludes halogenated alkanes) is 3. The zero-order valence-electron chi connectivity index (χ0n) is 13.6. The minimum absolute atomic E-state index is 0.0488. The topological polar surface area (TPSA) is 64.2 Å². The number of hydrogen-bond acceptors (Lipinski definition) is 3. The number of amides is 1. The third-order valence-corrected chi connectivity index (χ3v) is 4.07. The van der Waals surface area contributed by atoms with Crippen LogP contribution in [-0.2, 0) is 11.3 Å². The first-order valence-electron chi connectivity index (χ1n) is 8.09. The summed E-state index contributed by atoms with van der Waals surface area (Å²) in [4.78, 5) is 24.0. The summed E-state index contributed by atoms with van der Waals surface area (Å²) in [5, 5.41) is 3.42. The van der Waals surface area contributed by atoms with Crippen molar-refractivity contribution in [2.75, 3.05) is 0 Å². The lowest BCUT2D eigenvalue weighted by Gasteiger charge is -2.13. The highest BCUT2D eigenvalue weighted by Crippen LogP contribution is 2.18. The molecule has 0 aliphatic rings. The predicted octanol–water partition coefficient (Wildman–Crippen LogP) is 3.72. The first-order valence-corrected chi connectivity index (χ1v) is 8.47. The van der Waals surface area contributed by atoms with Crippen LogP contribution in [-0.4, -0.2) is 16.5 Å². The Morgan fingerprint density at radius 2 is 2.13 bits per heavy atom. The molecule has 0 fully saturated rings. The molecule has 1 atom stereocenters. The minimum Gasteiger partial charge on any atom is -0.408 e. The fraction of sp³-hybridized carbons (Fsp3) is 0.529. The monoisotopic (exact) mass is 338 g/mol. The lowest BCUT2D eigenvalue weighted by molar-refractivity contribution is -0.122. The van der Waals surface area contributed by atoms with Gasteiger partial charge in [-0.3, -0.25) is 9.36 Å². The van der Waals surface area contributed by atoms with Gasteiger partial charge >= 0.3 is 5.76 Å². The average Bonchev–Trinajstić information content (AvgIpc) is 2.78. The van der Waals surface area contributed by atoms with Gasteiger partial charge in [0.2, 0.25) is 5.91 Å². The number of nitrogens with zero attached hydrogens (tertiary/aromatic N) is 1. The van der Waals surface area contributed by atoms with Crippen molar-refractivity contribution < 1.29 is 9.21 Å². The van der Waals surface area contributed by atoms with Crippen LogP contribution in [0.25, 0.3) is 11.1 Å². The lowest BCUT2D eigenvalue weighted by atomic mass is 10.1. The van der Waals surface area contributed by atoms with E-state index in [0.717, 1.165) is 12.8 Å². The molecule has 0 unspecified atom stereocenters. The van der Waals surface area contributed by atoms with Crippen LogP contribution in [0.5, 0.6) is 0 Å². The molecule has 0 saturated carbocycles. The second kappa shape index (κ2) is 8.20. The van der Waals surface area contributed by atoms with Crippen LogP contribution in [0.15, 0.2) is 27.4 Å². The van der Waals surface area contributed by atoms with Crippen molar-refractivity contribution in [1.82, 2.24) is 9.88 Å². The molecule has 0 spiro atoms. The maximum absolute atomic E-state index is 12.1. The van der Waals surface area contributed by atoms with Crippen LogP contribution in [0.1, 0.15) is 46.0 Å². The van der Waals surface area contributed by atoms with Crippen molar-refractivity contribution in [3.8, 4) is 0 Å². The summed E-state index contributed by atoms with van der Waals surface area (Å²) in [6, 6.07) is 5.03. The van der Waals surface area contributed by atoms with Crippen LogP contribution in [0.2, 0.25) is 5.02 Å². The molecule has 23 heavy (non-hydrogen) atoms. The Hall–Kier alpha value is -1.75. The van der Waals surface area contributed by atoms with Gasteiger partial charge in [0, 0.05) is 17.1 Å². The molecule has 1 amide bonds. The number of aromatic nitrogens is 1. The molecule has 0 bridgehead atoms. The summed E-state index contributed by atoms with van der Waals surface area (Å²) in [7, 11) is 0. The highest BCUT2D eigenvalue weighted by Gasteiger charge is 2.14. The van der Waals surface area contributed by atoms with Gasteiger partial charge in [-0.1, -0.05) is 44.2 Å². The Bertz CT molecular complexity index is 720. The number of carbonyl (C=O) groups excluding carboxylic acids is 1. The number of nitrogens with one attached hydrogen (secondary N) is 1. The number of hydrogen-bond donors (Lipinski definition) is 1. The van der Waals surface area contributed by atoms with Crippen molar-refractivity contribution >= 4 is 28.6 Å². The Labute approximate surface area is 140 Å². The summed E-state index contributed by atoms with van der Waals surface area (Å²) in [5.74, 6) is -0.735. The van der Waals surface area contributed by atoms with Crippen molar-refractivity contribution in [3.63, 3.8) is 0 Å². The molecule has 6 heteroatoms. The molecule has 1 N–H and O–H groups in total. The normalized spacial score (nSPS) is 12.5. The predicted molar refractivity (Wildman–Crippen MR) is 91.8 cm³/mol. The number of benzene rings is 1. The van der Waals surface area contributed by atoms with Gasteiger partial charge in [-0.05, 0) is 25.5 Å². The van der Waals surface area contributed by atoms with E-state index in [-0.39, 0.29) is 18.5 Å². The minimum atomic E-state index is -0.548. The molecule has 2 aromatic rings. The number of oxazole rings is 1. The summed E-state index contributed by atoms with van der Waals surface area (Å²) < 4.78 is 6.44. The van der Waals surface area contributed by atoms with Gasteiger partial charge in [-0.2, -0.15) is 0 Å². The van der Waals surface area contributed by atoms with E-state index in [1.54, 1.807) is 18.2 Å². The Morgan fingerprint density at radius 3 is 2.87 bits per heavy atom. The summed E-state index contributed by atoms with van der Waals surface area (Å²) >= 11 is 5.88. The maximum Gasteiger partial charge on any atom is 0.420 e. The zero-order chi connectivity index (χ0) is 16.8. The van der Waals surface area contributed by atoms with Crippen LogP contribution in [0.3, 0.4) is 0 Å². The molecular formula is C17H23ClN2O3. The molecule has 0 aliphatic heterocycles. The number of halogens is 1. The third kappa shape index (κ3) is 4.86. The highest BCUT2D eigenvalue weighted by molar-refractivity contribution is 6.31. The molecule has 2 rings (SSSR count). The van der Waals surface area contributed by atoms with E-state index >= 15 is 0 Å². The first-order chi connectivity index (χ1) is 11.0. The van der Waals surface area contributed by atoms with E-state index in [1.807, 2.05) is 6.92 Å². The summed E-state index contributed by atoms with van der Waals surface area (Å²) in [5.41, 5.74) is 0.966. The molecule has 0 aliphatic carbocycles. The molecule has 5 nitrogen and oxygen atoms in total. The number of fused-ring (bicyclic) bond motifs is 1. The highest BCUT2D eigenvalue weighted by atomic mass is 35.5. The van der Waals surface area contributed by atoms with E-state index < -0.39 is 5.76 Å². The maximum atomic E-state index is 12.1. The molecule has 1 aromatic heterocycles. The largest absolute Gasteiger partial charge is 0.420 e. The van der Waals surface area contributed by atoms with Crippen LogP contribution >= 0.6 is 11.6 Å². The van der Waals surface area contributed by atoms with Gasteiger partial charge in [0.25, 0.3) is 0 Å². The third-order valence-electron chi connectivity index (χ3n) is 3.83. The van der Waals surface area contributed by atoms with Gasteiger partial charge in [0.05, 0.1) is 5.52 Å². The van der Waals surface area contributed by atoms with Crippen molar-refractivity contribution in [2.24, 2.45) is 0 Å². The fourth-order valence-electron chi connectivity index (χ4n) is 2.60. The smallest absolute Gasteiger partial charge is 0.408 e. The van der Waals surface area contributed by atoms with E-state index in [2.05, 4.69) is 12.2 Å². The van der Waals surface area contributed by atoms with Crippen LogP contribution < -0.4 is 11.1 Å². The molecule has 1 aromatic carbocycles. The first kappa shape index (κ1) is 17.6. The molecule has 1 heterocycles. The Balaban J connectivity index is 1.95. The fourth-order valence-corrected chi connectivity index (χ4v) is 2.77. The van der Waals surface area contributed by atoms with Gasteiger partial charge in [0.15, 0.2) is 5.58 Å². The van der Waals surface area contributed by atoms with Crippen LogP contribution in [0.4, 0.5) is 0 Å². The van der Waals surface area contributed by atoms with Gasteiger partial charge in [0.1, 0.15) is 6.54 Å². The van der Waals surface area contributed by atoms with Crippen LogP contribution in [0, 0.1) is 0 Å². The standard InChI is InChI=1S/C17H23ClN2O3/c1-3-4-5-6-7-12(2)19-16(21)11-20-14-9-8-13(18)10-15(14)23-17(20)22/h8-10,12H,3-7,11H2,1-2H3,(H,19,21)/t12-/m0/s1. The van der Waals surface area contributed by atoms with E-state index in [1.165, 1.54) is 23.8 Å². The number of carbonyl (C=O) groups is 1. The summed E-state index contributed by atoms with van der Waals surface area (Å²) in [6.45, 7) is 4.11. The second-order valence-electron chi connectivity index (χ2n) is 5.88. The van der Waals surface area contributed by atoms with Crippen molar-refractivity contribution in [3.05, 3.63) is 33.8 Å². The van der Waals surface area contributed by atoms with Gasteiger partial charge in [-0.25, -0.2) is 4.79 Å². The van der Waals surface area contributed by atoms with Crippen molar-refractivity contribution in [1.29, 1.82) is 0 Å².